The lowest BCUT2D eigenvalue weighted by molar-refractivity contribution is -0.161. The molecule has 2 N–H and O–H groups in total. The highest BCUT2D eigenvalue weighted by Gasteiger charge is 2.56. The van der Waals surface area contributed by atoms with Gasteiger partial charge in [-0.3, -0.25) is 4.79 Å². The maximum atomic E-state index is 12.3. The van der Waals surface area contributed by atoms with Crippen LogP contribution in [0.3, 0.4) is 0 Å². The summed E-state index contributed by atoms with van der Waals surface area (Å²) in [7, 11) is 0. The number of hydrogen-bond donors (Lipinski definition) is 2. The highest BCUT2D eigenvalue weighted by molar-refractivity contribution is 5.93. The molecular weight excluding hydrogens is 236 g/mol. The monoisotopic (exact) mass is 252 g/mol. The fourth-order valence-corrected chi connectivity index (χ4v) is 2.87. The van der Waals surface area contributed by atoms with Gasteiger partial charge in [0.1, 0.15) is 11.6 Å². The molecular formula is C11H16N4O3. The lowest BCUT2D eigenvalue weighted by atomic mass is 9.84. The second-order valence-corrected chi connectivity index (χ2v) is 5.01. The van der Waals surface area contributed by atoms with Crippen molar-refractivity contribution < 1.29 is 14.3 Å². The number of hydrogen-bond acceptors (Lipinski definition) is 6. The lowest BCUT2D eigenvalue weighted by Gasteiger charge is -2.50. The molecule has 7 heteroatoms. The van der Waals surface area contributed by atoms with Gasteiger partial charge in [-0.2, -0.15) is 0 Å². The molecule has 18 heavy (non-hydrogen) atoms. The van der Waals surface area contributed by atoms with Crippen LogP contribution < -0.4 is 5.32 Å². The fourth-order valence-electron chi connectivity index (χ4n) is 2.87. The van der Waals surface area contributed by atoms with Gasteiger partial charge in [0.05, 0.1) is 6.10 Å². The van der Waals surface area contributed by atoms with E-state index in [2.05, 4.69) is 15.5 Å². The molecule has 2 saturated heterocycles. The van der Waals surface area contributed by atoms with E-state index in [1.165, 1.54) is 6.39 Å². The normalized spacial score (nSPS) is 30.6. The van der Waals surface area contributed by atoms with Crippen LogP contribution >= 0.6 is 0 Å². The summed E-state index contributed by atoms with van der Waals surface area (Å²) in [5.74, 6) is 0.301. The van der Waals surface area contributed by atoms with Crippen LogP contribution in [0.5, 0.6) is 0 Å². The molecule has 3 rings (SSSR count). The number of likely N-dealkylation sites (tertiary alicyclic amines) is 1. The van der Waals surface area contributed by atoms with Gasteiger partial charge in [-0.1, -0.05) is 0 Å². The quantitative estimate of drug-likeness (QED) is 0.702. The second-order valence-electron chi connectivity index (χ2n) is 5.01. The molecule has 0 saturated carbocycles. The minimum Gasteiger partial charge on any atom is -0.426 e. The smallest absolute Gasteiger partial charge is 0.245 e. The summed E-state index contributed by atoms with van der Waals surface area (Å²) < 4.78 is 5.12. The van der Waals surface area contributed by atoms with Crippen LogP contribution in [0, 0.1) is 0 Å². The number of aliphatic hydroxyl groups is 1. The number of β-lactam (4-membered cyclic amide) rings is 1. The van der Waals surface area contributed by atoms with Crippen LogP contribution in [0.25, 0.3) is 0 Å². The van der Waals surface area contributed by atoms with E-state index in [1.807, 2.05) is 0 Å². The standard InChI is InChI=1S/C11H16N4O3/c1-7(16)8(9-14-13-6-18-9)15-5-11(10(15)17)3-2-4-12-11/h6-8,12,16H,2-5H2,1H3. The molecule has 98 valence electrons. The summed E-state index contributed by atoms with van der Waals surface area (Å²) in [6.45, 7) is 3.08. The zero-order chi connectivity index (χ0) is 12.8. The Morgan fingerprint density at radius 1 is 1.67 bits per heavy atom. The summed E-state index contributed by atoms with van der Waals surface area (Å²) in [4.78, 5) is 13.9. The topological polar surface area (TPSA) is 91.5 Å². The van der Waals surface area contributed by atoms with Crippen LogP contribution in [0.4, 0.5) is 0 Å². The van der Waals surface area contributed by atoms with Gasteiger partial charge in [-0.05, 0) is 26.3 Å². The summed E-state index contributed by atoms with van der Waals surface area (Å²) in [5, 5.41) is 20.5. The number of nitrogens with one attached hydrogen (secondary N) is 1. The van der Waals surface area contributed by atoms with Crippen LogP contribution in [-0.4, -0.2) is 50.8 Å². The van der Waals surface area contributed by atoms with E-state index in [4.69, 9.17) is 4.42 Å². The van der Waals surface area contributed by atoms with Crippen LogP contribution in [0.15, 0.2) is 10.8 Å². The molecule has 3 unspecified atom stereocenters. The van der Waals surface area contributed by atoms with Gasteiger partial charge in [-0.25, -0.2) is 0 Å². The van der Waals surface area contributed by atoms with Gasteiger partial charge in [0.25, 0.3) is 0 Å². The number of aromatic nitrogens is 2. The van der Waals surface area contributed by atoms with Crippen molar-refractivity contribution in [1.82, 2.24) is 20.4 Å². The first kappa shape index (κ1) is 11.6. The Hall–Kier alpha value is -1.47. The maximum Gasteiger partial charge on any atom is 0.245 e. The first-order valence-corrected chi connectivity index (χ1v) is 6.14. The first-order valence-electron chi connectivity index (χ1n) is 6.14. The zero-order valence-corrected chi connectivity index (χ0v) is 10.2. The fraction of sp³-hybridized carbons (Fsp3) is 0.727. The summed E-state index contributed by atoms with van der Waals surface area (Å²) in [6, 6.07) is -0.548. The average Bonchev–Trinajstić information content (AvgIpc) is 2.99. The van der Waals surface area contributed by atoms with Crippen molar-refractivity contribution in [2.75, 3.05) is 13.1 Å². The van der Waals surface area contributed by atoms with Gasteiger partial charge in [-0.15, -0.1) is 10.2 Å². The average molecular weight is 252 g/mol. The predicted molar refractivity (Wildman–Crippen MR) is 60.4 cm³/mol. The third-order valence-corrected chi connectivity index (χ3v) is 3.78. The van der Waals surface area contributed by atoms with E-state index in [9.17, 15) is 9.90 Å². The number of amides is 1. The van der Waals surface area contributed by atoms with E-state index >= 15 is 0 Å². The maximum absolute atomic E-state index is 12.3. The summed E-state index contributed by atoms with van der Waals surface area (Å²) in [6.07, 6.45) is 2.34. The largest absolute Gasteiger partial charge is 0.426 e. The molecule has 2 fully saturated rings. The molecule has 1 aromatic heterocycles. The third kappa shape index (κ3) is 1.54. The minimum atomic E-state index is -0.742. The minimum absolute atomic E-state index is 0.0177. The molecule has 7 nitrogen and oxygen atoms in total. The zero-order valence-electron chi connectivity index (χ0n) is 10.2. The Bertz CT molecular complexity index is 439. The molecule has 0 radical (unpaired) electrons. The Morgan fingerprint density at radius 3 is 3.00 bits per heavy atom. The van der Waals surface area contributed by atoms with E-state index in [1.54, 1.807) is 11.8 Å². The predicted octanol–water partition coefficient (Wildman–Crippen LogP) is -0.544. The molecule has 1 amide bonds. The van der Waals surface area contributed by atoms with Gasteiger partial charge < -0.3 is 19.7 Å². The Labute approximate surface area is 104 Å². The number of rotatable bonds is 3. The molecule has 1 aromatic rings. The molecule has 1 spiro atoms. The van der Waals surface area contributed by atoms with Gasteiger partial charge in [0, 0.05) is 6.54 Å². The molecule has 0 bridgehead atoms. The third-order valence-electron chi connectivity index (χ3n) is 3.78. The number of carbonyl (C=O) groups is 1. The van der Waals surface area contributed by atoms with E-state index < -0.39 is 17.7 Å². The number of nitrogens with zero attached hydrogens (tertiary/aromatic N) is 3. The molecule has 2 aliphatic rings. The van der Waals surface area contributed by atoms with E-state index in [0.717, 1.165) is 19.4 Å². The van der Waals surface area contributed by atoms with Crippen LogP contribution in [0.2, 0.25) is 0 Å². The van der Waals surface area contributed by atoms with Crippen molar-refractivity contribution in [3.05, 3.63) is 12.3 Å². The number of aliphatic hydroxyl groups excluding tert-OH is 1. The van der Waals surface area contributed by atoms with Crippen molar-refractivity contribution in [2.45, 2.75) is 37.5 Å². The van der Waals surface area contributed by atoms with E-state index in [-0.39, 0.29) is 11.8 Å². The first-order chi connectivity index (χ1) is 8.64. The van der Waals surface area contributed by atoms with Crippen LogP contribution in [0.1, 0.15) is 31.7 Å². The van der Waals surface area contributed by atoms with Gasteiger partial charge >= 0.3 is 0 Å². The molecule has 3 atom stereocenters. The van der Waals surface area contributed by atoms with Gasteiger partial charge in [0.2, 0.25) is 18.2 Å². The number of carbonyl (C=O) groups excluding carboxylic acids is 1. The van der Waals surface area contributed by atoms with Crippen LogP contribution in [-0.2, 0) is 4.79 Å². The molecule has 0 aliphatic carbocycles. The lowest BCUT2D eigenvalue weighted by Crippen LogP contribution is -2.72. The Balaban J connectivity index is 1.80. The second kappa shape index (κ2) is 4.03. The van der Waals surface area contributed by atoms with E-state index in [0.29, 0.717) is 6.54 Å². The molecule has 3 heterocycles. The Morgan fingerprint density at radius 2 is 2.50 bits per heavy atom. The molecule has 2 aliphatic heterocycles. The highest BCUT2D eigenvalue weighted by Crippen LogP contribution is 2.38. The highest BCUT2D eigenvalue weighted by atomic mass is 16.4. The van der Waals surface area contributed by atoms with Crippen molar-refractivity contribution in [2.24, 2.45) is 0 Å². The van der Waals surface area contributed by atoms with Crippen molar-refractivity contribution >= 4 is 5.91 Å². The Kier molecular flexibility index (Phi) is 2.60. The summed E-state index contributed by atoms with van der Waals surface area (Å²) >= 11 is 0. The SMILES string of the molecule is CC(O)C(c1nnco1)N1CC2(CCCN2)C1=O. The van der Waals surface area contributed by atoms with Crippen molar-refractivity contribution in [3.8, 4) is 0 Å². The molecule has 0 aromatic carbocycles. The van der Waals surface area contributed by atoms with Crippen molar-refractivity contribution in [1.29, 1.82) is 0 Å². The van der Waals surface area contributed by atoms with Gasteiger partial charge in [0.15, 0.2) is 0 Å². The summed E-state index contributed by atoms with van der Waals surface area (Å²) in [5.41, 5.74) is -0.410. The van der Waals surface area contributed by atoms with Crippen molar-refractivity contribution in [3.63, 3.8) is 0 Å².